The van der Waals surface area contributed by atoms with Crippen molar-refractivity contribution in [1.82, 2.24) is 10.4 Å². The van der Waals surface area contributed by atoms with Crippen LogP contribution in [0.5, 0.6) is 5.75 Å². The van der Waals surface area contributed by atoms with Crippen LogP contribution in [-0.2, 0) is 4.79 Å². The molecule has 0 spiro atoms. The van der Waals surface area contributed by atoms with E-state index >= 15 is 0 Å². The molecule has 0 saturated carbocycles. The van der Waals surface area contributed by atoms with Gasteiger partial charge in [-0.05, 0) is 30.3 Å². The van der Waals surface area contributed by atoms with E-state index in [0.717, 1.165) is 0 Å². The van der Waals surface area contributed by atoms with Crippen molar-refractivity contribution in [2.45, 2.75) is 0 Å². The molecule has 0 saturated heterocycles. The van der Waals surface area contributed by atoms with Crippen molar-refractivity contribution in [1.29, 1.82) is 0 Å². The minimum absolute atomic E-state index is 0.115. The largest absolute Gasteiger partial charge is 0.484 e. The maximum absolute atomic E-state index is 13.1. The summed E-state index contributed by atoms with van der Waals surface area (Å²) in [6.07, 6.45) is 0. The molecule has 0 aliphatic carbocycles. The average Bonchev–Trinajstić information content (AvgIpc) is 2.94. The normalized spacial score (nSPS) is 10.4. The van der Waals surface area contributed by atoms with Gasteiger partial charge in [0.1, 0.15) is 11.6 Å². The molecule has 1 aromatic heterocycles. The quantitative estimate of drug-likeness (QED) is 0.710. The minimum Gasteiger partial charge on any atom is -0.484 e. The first-order chi connectivity index (χ1) is 10.7. The number of carbonyl (C=O) groups is 1. The molecule has 0 atom stereocenters. The highest BCUT2D eigenvalue weighted by molar-refractivity contribution is 7.22. The summed E-state index contributed by atoms with van der Waals surface area (Å²) in [6.45, 7) is -0.115. The van der Waals surface area contributed by atoms with E-state index in [1.165, 1.54) is 23.5 Å². The monoisotopic (exact) mass is 317 g/mol. The fourth-order valence-corrected chi connectivity index (χ4v) is 2.62. The van der Waals surface area contributed by atoms with Gasteiger partial charge >= 0.3 is 0 Å². The number of nitrogens with zero attached hydrogens (tertiary/aromatic N) is 1. The van der Waals surface area contributed by atoms with Crippen LogP contribution < -0.4 is 15.6 Å². The molecule has 112 valence electrons. The Hall–Kier alpha value is -2.67. The summed E-state index contributed by atoms with van der Waals surface area (Å²) in [5.41, 5.74) is 5.85. The highest BCUT2D eigenvalue weighted by atomic mass is 32.1. The zero-order chi connectivity index (χ0) is 15.4. The van der Waals surface area contributed by atoms with Crippen LogP contribution in [0, 0.1) is 5.82 Å². The Labute approximate surface area is 129 Å². The van der Waals surface area contributed by atoms with Crippen LogP contribution in [0.2, 0.25) is 0 Å². The zero-order valence-electron chi connectivity index (χ0n) is 11.4. The number of rotatable bonds is 5. The first kappa shape index (κ1) is 14.3. The maximum Gasteiger partial charge on any atom is 0.276 e. The highest BCUT2D eigenvalue weighted by Gasteiger charge is 2.06. The van der Waals surface area contributed by atoms with Crippen LogP contribution in [-0.4, -0.2) is 17.5 Å². The summed E-state index contributed by atoms with van der Waals surface area (Å²) < 4.78 is 19.1. The second-order valence-corrected chi connectivity index (χ2v) is 5.44. The van der Waals surface area contributed by atoms with E-state index in [0.29, 0.717) is 21.1 Å². The van der Waals surface area contributed by atoms with Crippen molar-refractivity contribution in [2.75, 3.05) is 12.0 Å². The number of ether oxygens (including phenoxy) is 1. The molecular formula is C15H12FN3O2S. The average molecular weight is 317 g/mol. The SMILES string of the molecule is O=C(COc1ccccc1)NNc1nc2ccc(F)cc2s1. The number of halogens is 1. The lowest BCUT2D eigenvalue weighted by atomic mass is 10.3. The summed E-state index contributed by atoms with van der Waals surface area (Å²) in [5, 5.41) is 0.480. The summed E-state index contributed by atoms with van der Waals surface area (Å²) in [5.74, 6) is -0.0367. The second kappa shape index (κ2) is 6.40. The number of amides is 1. The molecule has 0 radical (unpaired) electrons. The van der Waals surface area contributed by atoms with Crippen molar-refractivity contribution in [3.63, 3.8) is 0 Å². The van der Waals surface area contributed by atoms with E-state index in [1.54, 1.807) is 18.2 Å². The summed E-state index contributed by atoms with van der Waals surface area (Å²) in [7, 11) is 0. The van der Waals surface area contributed by atoms with E-state index in [2.05, 4.69) is 15.8 Å². The summed E-state index contributed by atoms with van der Waals surface area (Å²) >= 11 is 1.25. The highest BCUT2D eigenvalue weighted by Crippen LogP contribution is 2.25. The predicted octanol–water partition coefficient (Wildman–Crippen LogP) is 2.96. The van der Waals surface area contributed by atoms with Gasteiger partial charge in [0.15, 0.2) is 6.61 Å². The smallest absolute Gasteiger partial charge is 0.276 e. The maximum atomic E-state index is 13.1. The summed E-state index contributed by atoms with van der Waals surface area (Å²) in [4.78, 5) is 15.9. The van der Waals surface area contributed by atoms with Crippen LogP contribution in [0.3, 0.4) is 0 Å². The Kier molecular flexibility index (Phi) is 4.15. The van der Waals surface area contributed by atoms with Gasteiger partial charge in [0, 0.05) is 0 Å². The van der Waals surface area contributed by atoms with E-state index in [9.17, 15) is 9.18 Å². The number of hydrogen-bond donors (Lipinski definition) is 2. The molecule has 3 aromatic rings. The van der Waals surface area contributed by atoms with E-state index in [-0.39, 0.29) is 18.3 Å². The van der Waals surface area contributed by atoms with Crippen LogP contribution in [0.25, 0.3) is 10.2 Å². The van der Waals surface area contributed by atoms with Crippen LogP contribution in [0.15, 0.2) is 48.5 Å². The Balaban J connectivity index is 1.53. The van der Waals surface area contributed by atoms with Crippen LogP contribution >= 0.6 is 11.3 Å². The minimum atomic E-state index is -0.339. The van der Waals surface area contributed by atoms with Gasteiger partial charge in [-0.2, -0.15) is 0 Å². The topological polar surface area (TPSA) is 63.2 Å². The first-order valence-corrected chi connectivity index (χ1v) is 7.31. The number of hydrazine groups is 1. The fraction of sp³-hybridized carbons (Fsp3) is 0.0667. The molecule has 22 heavy (non-hydrogen) atoms. The van der Waals surface area contributed by atoms with Crippen molar-refractivity contribution in [3.05, 3.63) is 54.3 Å². The Morgan fingerprint density at radius 1 is 1.23 bits per heavy atom. The van der Waals surface area contributed by atoms with Gasteiger partial charge in [-0.25, -0.2) is 9.37 Å². The fourth-order valence-electron chi connectivity index (χ4n) is 1.78. The number of nitrogens with one attached hydrogen (secondary N) is 2. The van der Waals surface area contributed by atoms with Crippen LogP contribution in [0.1, 0.15) is 0 Å². The van der Waals surface area contributed by atoms with Gasteiger partial charge in [-0.1, -0.05) is 29.5 Å². The standard InChI is InChI=1S/C15H12FN3O2S/c16-10-6-7-12-13(8-10)22-15(17-12)19-18-14(20)9-21-11-4-2-1-3-5-11/h1-8H,9H2,(H,17,19)(H,18,20). The number of carbonyl (C=O) groups excluding carboxylic acids is 1. The van der Waals surface area contributed by atoms with Gasteiger partial charge in [-0.15, -0.1) is 0 Å². The van der Waals surface area contributed by atoms with Gasteiger partial charge in [-0.3, -0.25) is 15.6 Å². The molecule has 7 heteroatoms. The molecule has 0 fully saturated rings. The number of hydrogen-bond acceptors (Lipinski definition) is 5. The van der Waals surface area contributed by atoms with Crippen molar-refractivity contribution < 1.29 is 13.9 Å². The molecule has 1 heterocycles. The molecule has 5 nitrogen and oxygen atoms in total. The summed E-state index contributed by atoms with van der Waals surface area (Å²) in [6, 6.07) is 13.4. The van der Waals surface area contributed by atoms with Crippen molar-refractivity contribution in [3.8, 4) is 5.75 Å². The van der Waals surface area contributed by atoms with Gasteiger partial charge < -0.3 is 4.74 Å². The molecule has 0 bridgehead atoms. The predicted molar refractivity (Wildman–Crippen MR) is 83.3 cm³/mol. The van der Waals surface area contributed by atoms with E-state index in [4.69, 9.17) is 4.74 Å². The lowest BCUT2D eigenvalue weighted by Crippen LogP contribution is -2.33. The Bertz CT molecular complexity index is 792. The number of thiazole rings is 1. The van der Waals surface area contributed by atoms with E-state index < -0.39 is 0 Å². The molecule has 2 aromatic carbocycles. The lowest BCUT2D eigenvalue weighted by molar-refractivity contribution is -0.122. The molecule has 1 amide bonds. The van der Waals surface area contributed by atoms with Crippen molar-refractivity contribution in [2.24, 2.45) is 0 Å². The first-order valence-electron chi connectivity index (χ1n) is 6.49. The third-order valence-electron chi connectivity index (χ3n) is 2.77. The molecule has 0 aliphatic rings. The molecule has 3 rings (SSSR count). The number of para-hydroxylation sites is 1. The molecule has 0 unspecified atom stereocenters. The Morgan fingerprint density at radius 2 is 2.05 bits per heavy atom. The molecule has 0 aliphatic heterocycles. The number of benzene rings is 2. The molecular weight excluding hydrogens is 305 g/mol. The second-order valence-electron chi connectivity index (χ2n) is 4.41. The van der Waals surface area contributed by atoms with Gasteiger partial charge in [0.25, 0.3) is 5.91 Å². The van der Waals surface area contributed by atoms with Crippen molar-refractivity contribution >= 4 is 32.6 Å². The zero-order valence-corrected chi connectivity index (χ0v) is 12.2. The van der Waals surface area contributed by atoms with Crippen LogP contribution in [0.4, 0.5) is 9.52 Å². The number of anilines is 1. The number of aromatic nitrogens is 1. The Morgan fingerprint density at radius 3 is 2.86 bits per heavy atom. The third-order valence-corrected chi connectivity index (χ3v) is 3.71. The van der Waals surface area contributed by atoms with Gasteiger partial charge in [0.2, 0.25) is 5.13 Å². The molecule has 2 N–H and O–H groups in total. The number of fused-ring (bicyclic) bond motifs is 1. The third kappa shape index (κ3) is 3.50. The van der Waals surface area contributed by atoms with E-state index in [1.807, 2.05) is 18.2 Å². The lowest BCUT2D eigenvalue weighted by Gasteiger charge is -2.07. The van der Waals surface area contributed by atoms with Gasteiger partial charge in [0.05, 0.1) is 10.2 Å².